The van der Waals surface area contributed by atoms with Gasteiger partial charge in [-0.05, 0) is 32.0 Å². The minimum Gasteiger partial charge on any atom is -0.396 e. The zero-order valence-corrected chi connectivity index (χ0v) is 10.1. The normalized spacial score (nSPS) is 10.6. The van der Waals surface area contributed by atoms with Gasteiger partial charge in [-0.25, -0.2) is 9.07 Å². The van der Waals surface area contributed by atoms with Crippen LogP contribution in [-0.4, -0.2) is 15.7 Å². The van der Waals surface area contributed by atoms with Crippen LogP contribution >= 0.6 is 0 Å². The number of halogens is 1. The number of nitrogen functional groups attached to an aromatic ring is 1. The Bertz CT molecular complexity index is 633. The molecule has 1 aromatic heterocycles. The Hall–Kier alpha value is -2.37. The molecule has 0 radical (unpaired) electrons. The third-order valence-electron chi connectivity index (χ3n) is 2.81. The lowest BCUT2D eigenvalue weighted by atomic mass is 10.2. The third-order valence-corrected chi connectivity index (χ3v) is 2.81. The smallest absolute Gasteiger partial charge is 0.248 e. The lowest BCUT2D eigenvalue weighted by molar-refractivity contribution is 0.1000. The highest BCUT2D eigenvalue weighted by atomic mass is 19.1. The van der Waals surface area contributed by atoms with E-state index in [1.165, 1.54) is 16.8 Å². The van der Waals surface area contributed by atoms with Gasteiger partial charge in [0.05, 0.1) is 17.1 Å². The molecule has 18 heavy (non-hydrogen) atoms. The van der Waals surface area contributed by atoms with E-state index in [2.05, 4.69) is 5.10 Å². The van der Waals surface area contributed by atoms with E-state index in [0.717, 1.165) is 6.07 Å². The number of hydrogen-bond donors (Lipinski definition) is 2. The molecule has 1 amide bonds. The van der Waals surface area contributed by atoms with Crippen LogP contribution < -0.4 is 11.5 Å². The van der Waals surface area contributed by atoms with Gasteiger partial charge in [0.15, 0.2) is 0 Å². The highest BCUT2D eigenvalue weighted by molar-refractivity contribution is 5.92. The zero-order valence-electron chi connectivity index (χ0n) is 10.1. The van der Waals surface area contributed by atoms with Gasteiger partial charge >= 0.3 is 0 Å². The number of nitrogens with zero attached hydrogens (tertiary/aromatic N) is 2. The van der Waals surface area contributed by atoms with E-state index in [-0.39, 0.29) is 11.3 Å². The molecule has 0 saturated heterocycles. The topological polar surface area (TPSA) is 86.9 Å². The maximum atomic E-state index is 13.9. The number of amides is 1. The van der Waals surface area contributed by atoms with Crippen molar-refractivity contribution in [3.63, 3.8) is 0 Å². The van der Waals surface area contributed by atoms with Gasteiger partial charge in [0.2, 0.25) is 5.91 Å². The Morgan fingerprint density at radius 3 is 2.50 bits per heavy atom. The van der Waals surface area contributed by atoms with E-state index in [1.54, 1.807) is 13.8 Å². The average molecular weight is 248 g/mol. The minimum absolute atomic E-state index is 0.116. The molecule has 94 valence electrons. The number of carbonyl (C=O) groups is 1. The Morgan fingerprint density at radius 2 is 2.06 bits per heavy atom. The van der Waals surface area contributed by atoms with Crippen molar-refractivity contribution in [1.82, 2.24) is 9.78 Å². The van der Waals surface area contributed by atoms with Crippen molar-refractivity contribution in [2.45, 2.75) is 13.8 Å². The summed E-state index contributed by atoms with van der Waals surface area (Å²) in [5.41, 5.74) is 13.0. The average Bonchev–Trinajstić information content (AvgIpc) is 2.57. The van der Waals surface area contributed by atoms with Crippen molar-refractivity contribution in [1.29, 1.82) is 0 Å². The highest BCUT2D eigenvalue weighted by Gasteiger charge is 2.14. The fraction of sp³-hybridized carbons (Fsp3) is 0.167. The molecular formula is C12H13FN4O. The zero-order chi connectivity index (χ0) is 13.4. The molecular weight excluding hydrogens is 235 g/mol. The van der Waals surface area contributed by atoms with Gasteiger partial charge in [0.25, 0.3) is 0 Å². The SMILES string of the molecule is Cc1nn(-c2ccc(C(N)=O)cc2F)c(C)c1N. The maximum absolute atomic E-state index is 13.9. The summed E-state index contributed by atoms with van der Waals surface area (Å²) in [4.78, 5) is 10.9. The van der Waals surface area contributed by atoms with Crippen LogP contribution in [-0.2, 0) is 0 Å². The van der Waals surface area contributed by atoms with Crippen molar-refractivity contribution in [3.05, 3.63) is 41.0 Å². The Kier molecular flexibility index (Phi) is 2.78. The van der Waals surface area contributed by atoms with Crippen molar-refractivity contribution < 1.29 is 9.18 Å². The van der Waals surface area contributed by atoms with E-state index < -0.39 is 11.7 Å². The van der Waals surface area contributed by atoms with Crippen LogP contribution in [0.25, 0.3) is 5.69 Å². The summed E-state index contributed by atoms with van der Waals surface area (Å²) in [6, 6.07) is 3.99. The summed E-state index contributed by atoms with van der Waals surface area (Å²) >= 11 is 0. The monoisotopic (exact) mass is 248 g/mol. The second-order valence-electron chi connectivity index (χ2n) is 4.03. The van der Waals surface area contributed by atoms with E-state index in [1.807, 2.05) is 0 Å². The van der Waals surface area contributed by atoms with Crippen LogP contribution in [0.3, 0.4) is 0 Å². The Balaban J connectivity index is 2.58. The second-order valence-corrected chi connectivity index (χ2v) is 4.03. The molecule has 0 bridgehead atoms. The number of anilines is 1. The van der Waals surface area contributed by atoms with Crippen LogP contribution in [0.4, 0.5) is 10.1 Å². The molecule has 0 spiro atoms. The molecule has 0 fully saturated rings. The van der Waals surface area contributed by atoms with Crippen LogP contribution in [0.5, 0.6) is 0 Å². The van der Waals surface area contributed by atoms with Crippen LogP contribution in [0.2, 0.25) is 0 Å². The van der Waals surface area contributed by atoms with Gasteiger partial charge in [-0.3, -0.25) is 4.79 Å². The molecule has 4 N–H and O–H groups in total. The predicted octanol–water partition coefficient (Wildman–Crippen LogP) is 1.31. The first-order valence-corrected chi connectivity index (χ1v) is 5.33. The Morgan fingerprint density at radius 1 is 1.39 bits per heavy atom. The molecule has 0 saturated carbocycles. The third kappa shape index (κ3) is 1.81. The minimum atomic E-state index is -0.673. The van der Waals surface area contributed by atoms with Crippen molar-refractivity contribution in [3.8, 4) is 5.69 Å². The second kappa shape index (κ2) is 4.14. The van der Waals surface area contributed by atoms with Crippen molar-refractivity contribution in [2.24, 2.45) is 5.73 Å². The van der Waals surface area contributed by atoms with E-state index in [0.29, 0.717) is 17.1 Å². The van der Waals surface area contributed by atoms with E-state index in [9.17, 15) is 9.18 Å². The molecule has 0 atom stereocenters. The van der Waals surface area contributed by atoms with E-state index in [4.69, 9.17) is 11.5 Å². The highest BCUT2D eigenvalue weighted by Crippen LogP contribution is 2.22. The standard InChI is InChI=1S/C12H13FN4O/c1-6-11(14)7(2)17(16-6)10-4-3-8(12(15)18)5-9(10)13/h3-5H,14H2,1-2H3,(H2,15,18). The van der Waals surface area contributed by atoms with Gasteiger partial charge in [0.1, 0.15) is 11.5 Å². The van der Waals surface area contributed by atoms with Gasteiger partial charge in [-0.15, -0.1) is 0 Å². The molecule has 1 aromatic carbocycles. The number of aromatic nitrogens is 2. The molecule has 0 unspecified atom stereocenters. The first-order valence-electron chi connectivity index (χ1n) is 5.33. The molecule has 2 aromatic rings. The van der Waals surface area contributed by atoms with Crippen LogP contribution in [0, 0.1) is 19.7 Å². The summed E-state index contributed by atoms with van der Waals surface area (Å²) < 4.78 is 15.3. The lowest BCUT2D eigenvalue weighted by Crippen LogP contribution is -2.12. The largest absolute Gasteiger partial charge is 0.396 e. The summed E-state index contributed by atoms with van der Waals surface area (Å²) in [5, 5.41) is 4.15. The summed E-state index contributed by atoms with van der Waals surface area (Å²) in [5.74, 6) is -1.25. The summed E-state index contributed by atoms with van der Waals surface area (Å²) in [6.07, 6.45) is 0. The lowest BCUT2D eigenvalue weighted by Gasteiger charge is -2.06. The number of hydrogen-bond acceptors (Lipinski definition) is 3. The van der Waals surface area contributed by atoms with Gasteiger partial charge in [-0.1, -0.05) is 0 Å². The molecule has 0 aliphatic rings. The first-order chi connectivity index (χ1) is 8.41. The number of primary amides is 1. The number of benzene rings is 1. The van der Waals surface area contributed by atoms with Gasteiger partial charge in [-0.2, -0.15) is 5.10 Å². The van der Waals surface area contributed by atoms with Gasteiger partial charge in [0, 0.05) is 5.56 Å². The predicted molar refractivity (Wildman–Crippen MR) is 65.9 cm³/mol. The quantitative estimate of drug-likeness (QED) is 0.840. The van der Waals surface area contributed by atoms with Crippen molar-refractivity contribution in [2.75, 3.05) is 5.73 Å². The van der Waals surface area contributed by atoms with Gasteiger partial charge < -0.3 is 11.5 Å². The maximum Gasteiger partial charge on any atom is 0.248 e. The molecule has 0 aliphatic carbocycles. The fourth-order valence-corrected chi connectivity index (χ4v) is 1.72. The van der Waals surface area contributed by atoms with E-state index >= 15 is 0 Å². The van der Waals surface area contributed by atoms with Crippen LogP contribution in [0.1, 0.15) is 21.7 Å². The summed E-state index contributed by atoms with van der Waals surface area (Å²) in [6.45, 7) is 3.49. The summed E-state index contributed by atoms with van der Waals surface area (Å²) in [7, 11) is 0. The number of rotatable bonds is 2. The molecule has 2 rings (SSSR count). The molecule has 6 heteroatoms. The number of aryl methyl sites for hydroxylation is 1. The van der Waals surface area contributed by atoms with Crippen LogP contribution in [0.15, 0.2) is 18.2 Å². The fourth-order valence-electron chi connectivity index (χ4n) is 1.72. The molecule has 0 aliphatic heterocycles. The first kappa shape index (κ1) is 12.1. The van der Waals surface area contributed by atoms with Crippen molar-refractivity contribution >= 4 is 11.6 Å². The Labute approximate surface area is 103 Å². The molecule has 1 heterocycles. The number of carbonyl (C=O) groups excluding carboxylic acids is 1. The number of nitrogens with two attached hydrogens (primary N) is 2. The molecule has 5 nitrogen and oxygen atoms in total.